The van der Waals surface area contributed by atoms with E-state index in [0.717, 1.165) is 5.56 Å². The predicted molar refractivity (Wildman–Crippen MR) is 120 cm³/mol. The van der Waals surface area contributed by atoms with Crippen molar-refractivity contribution in [2.45, 2.75) is 13.3 Å². The van der Waals surface area contributed by atoms with E-state index in [0.29, 0.717) is 39.8 Å². The Bertz CT molecular complexity index is 1340. The Balaban J connectivity index is 1.57. The van der Waals surface area contributed by atoms with Gasteiger partial charge in [-0.15, -0.1) is 0 Å². The van der Waals surface area contributed by atoms with E-state index in [-0.39, 0.29) is 10.6 Å². The Hall–Kier alpha value is -3.71. The number of hydrogen-bond acceptors (Lipinski definition) is 3. The van der Waals surface area contributed by atoms with Gasteiger partial charge in [0.2, 0.25) is 0 Å². The Morgan fingerprint density at radius 3 is 2.45 bits per heavy atom. The number of aromatic nitrogens is 2. The smallest absolute Gasteiger partial charge is 0.308 e. The SMILES string of the molecule is Cc1ccc(NC(=O)Nc2ccc3c(Cc4ccc(Cl)c(F)c4)n[nH]c(=O)c3c2)cc1. The molecule has 0 aliphatic carbocycles. The Kier molecular flexibility index (Phi) is 5.68. The Morgan fingerprint density at radius 1 is 1.00 bits per heavy atom. The third kappa shape index (κ3) is 4.73. The summed E-state index contributed by atoms with van der Waals surface area (Å²) >= 11 is 5.74. The van der Waals surface area contributed by atoms with Crippen LogP contribution >= 0.6 is 11.6 Å². The van der Waals surface area contributed by atoms with Gasteiger partial charge >= 0.3 is 6.03 Å². The highest BCUT2D eigenvalue weighted by Crippen LogP contribution is 2.22. The van der Waals surface area contributed by atoms with Crippen LogP contribution < -0.4 is 16.2 Å². The van der Waals surface area contributed by atoms with E-state index in [1.54, 1.807) is 36.4 Å². The molecule has 3 aromatic carbocycles. The number of fused-ring (bicyclic) bond motifs is 1. The minimum Gasteiger partial charge on any atom is -0.308 e. The molecule has 2 amide bonds. The molecule has 0 saturated carbocycles. The van der Waals surface area contributed by atoms with Crippen molar-refractivity contribution in [3.8, 4) is 0 Å². The number of halogens is 2. The van der Waals surface area contributed by atoms with Gasteiger partial charge in [-0.25, -0.2) is 14.3 Å². The van der Waals surface area contributed by atoms with E-state index in [2.05, 4.69) is 20.8 Å². The molecule has 4 rings (SSSR count). The summed E-state index contributed by atoms with van der Waals surface area (Å²) < 4.78 is 13.8. The van der Waals surface area contributed by atoms with Crippen LogP contribution in [-0.2, 0) is 6.42 Å². The second-order valence-corrected chi connectivity index (χ2v) is 7.54. The number of aromatic amines is 1. The van der Waals surface area contributed by atoms with Gasteiger partial charge in [-0.05, 0) is 48.9 Å². The lowest BCUT2D eigenvalue weighted by atomic mass is 10.0. The number of H-pyrrole nitrogens is 1. The van der Waals surface area contributed by atoms with Crippen LogP contribution in [0.4, 0.5) is 20.6 Å². The number of amides is 2. The lowest BCUT2D eigenvalue weighted by molar-refractivity contribution is 0.262. The Morgan fingerprint density at radius 2 is 1.71 bits per heavy atom. The number of hydrogen-bond donors (Lipinski definition) is 3. The average molecular weight is 437 g/mol. The van der Waals surface area contributed by atoms with Crippen LogP contribution in [0.25, 0.3) is 10.8 Å². The zero-order chi connectivity index (χ0) is 22.0. The van der Waals surface area contributed by atoms with Crippen molar-refractivity contribution in [2.24, 2.45) is 0 Å². The lowest BCUT2D eigenvalue weighted by Crippen LogP contribution is -2.19. The minimum atomic E-state index is -0.515. The molecule has 156 valence electrons. The molecule has 0 bridgehead atoms. The third-order valence-electron chi connectivity index (χ3n) is 4.79. The van der Waals surface area contributed by atoms with Crippen LogP contribution in [0.2, 0.25) is 5.02 Å². The maximum atomic E-state index is 13.8. The van der Waals surface area contributed by atoms with Gasteiger partial charge in [0.1, 0.15) is 5.82 Å². The van der Waals surface area contributed by atoms with E-state index in [4.69, 9.17) is 11.6 Å². The van der Waals surface area contributed by atoms with Gasteiger partial charge in [0.25, 0.3) is 5.56 Å². The minimum absolute atomic E-state index is 0.0441. The number of anilines is 2. The number of carbonyl (C=O) groups is 1. The monoisotopic (exact) mass is 436 g/mol. The van der Waals surface area contributed by atoms with Crippen LogP contribution in [0.3, 0.4) is 0 Å². The van der Waals surface area contributed by atoms with Crippen molar-refractivity contribution >= 4 is 39.8 Å². The van der Waals surface area contributed by atoms with Crippen molar-refractivity contribution in [1.82, 2.24) is 10.2 Å². The van der Waals surface area contributed by atoms with E-state index < -0.39 is 11.8 Å². The van der Waals surface area contributed by atoms with Crippen LogP contribution in [-0.4, -0.2) is 16.2 Å². The molecule has 6 nitrogen and oxygen atoms in total. The fourth-order valence-corrected chi connectivity index (χ4v) is 3.33. The van der Waals surface area contributed by atoms with Gasteiger partial charge < -0.3 is 10.6 Å². The topological polar surface area (TPSA) is 86.9 Å². The van der Waals surface area contributed by atoms with Crippen LogP contribution in [0.5, 0.6) is 0 Å². The summed E-state index contributed by atoms with van der Waals surface area (Å²) in [5.74, 6) is -0.515. The highest BCUT2D eigenvalue weighted by atomic mass is 35.5. The number of benzene rings is 3. The van der Waals surface area contributed by atoms with Crippen molar-refractivity contribution in [3.63, 3.8) is 0 Å². The van der Waals surface area contributed by atoms with E-state index in [1.807, 2.05) is 19.1 Å². The standard InChI is InChI=1S/C23H18ClFN4O2/c1-13-2-5-15(6-3-13)26-23(31)27-16-7-8-17-18(12-16)22(30)29-28-21(17)11-14-4-9-19(24)20(25)10-14/h2-10,12H,11H2,1H3,(H,29,30)(H2,26,27,31). The molecule has 1 aromatic heterocycles. The van der Waals surface area contributed by atoms with Gasteiger partial charge in [0.15, 0.2) is 0 Å². The maximum Gasteiger partial charge on any atom is 0.323 e. The molecule has 0 fully saturated rings. The normalized spacial score (nSPS) is 10.8. The van der Waals surface area contributed by atoms with E-state index >= 15 is 0 Å². The molecular formula is C23H18ClFN4O2. The van der Waals surface area contributed by atoms with Crippen molar-refractivity contribution in [3.05, 3.63) is 98.7 Å². The number of nitrogens with one attached hydrogen (secondary N) is 3. The van der Waals surface area contributed by atoms with Gasteiger partial charge in [-0.1, -0.05) is 41.4 Å². The summed E-state index contributed by atoms with van der Waals surface area (Å²) in [6.45, 7) is 1.96. The van der Waals surface area contributed by atoms with Crippen molar-refractivity contribution in [1.29, 1.82) is 0 Å². The molecule has 0 unspecified atom stereocenters. The summed E-state index contributed by atoms with van der Waals surface area (Å²) in [5, 5.41) is 13.1. The summed E-state index contributed by atoms with van der Waals surface area (Å²) in [7, 11) is 0. The first-order valence-electron chi connectivity index (χ1n) is 9.49. The molecule has 0 aliphatic rings. The molecule has 0 radical (unpaired) electrons. The molecule has 0 atom stereocenters. The highest BCUT2D eigenvalue weighted by molar-refractivity contribution is 6.30. The number of rotatable bonds is 4. The van der Waals surface area contributed by atoms with Gasteiger partial charge in [0, 0.05) is 23.2 Å². The highest BCUT2D eigenvalue weighted by Gasteiger charge is 2.11. The molecular weight excluding hydrogens is 419 g/mol. The zero-order valence-electron chi connectivity index (χ0n) is 16.5. The van der Waals surface area contributed by atoms with Crippen LogP contribution in [0.1, 0.15) is 16.8 Å². The molecule has 31 heavy (non-hydrogen) atoms. The molecule has 0 saturated heterocycles. The number of aryl methyl sites for hydroxylation is 1. The molecule has 8 heteroatoms. The van der Waals surface area contributed by atoms with Gasteiger partial charge in [-0.3, -0.25) is 4.79 Å². The summed E-state index contributed by atoms with van der Waals surface area (Å²) in [6.07, 6.45) is 0.308. The first kappa shape index (κ1) is 20.6. The van der Waals surface area contributed by atoms with Gasteiger partial charge in [0.05, 0.1) is 16.1 Å². The van der Waals surface area contributed by atoms with E-state index in [9.17, 15) is 14.0 Å². The second-order valence-electron chi connectivity index (χ2n) is 7.13. The average Bonchev–Trinajstić information content (AvgIpc) is 2.74. The largest absolute Gasteiger partial charge is 0.323 e. The molecule has 4 aromatic rings. The Labute approximate surface area is 182 Å². The molecule has 1 heterocycles. The molecule has 0 aliphatic heterocycles. The third-order valence-corrected chi connectivity index (χ3v) is 5.10. The number of urea groups is 1. The maximum absolute atomic E-state index is 13.8. The first-order chi connectivity index (χ1) is 14.9. The van der Waals surface area contributed by atoms with Crippen LogP contribution in [0.15, 0.2) is 65.5 Å². The molecule has 3 N–H and O–H groups in total. The van der Waals surface area contributed by atoms with Crippen molar-refractivity contribution in [2.75, 3.05) is 10.6 Å². The summed E-state index contributed by atoms with van der Waals surface area (Å²) in [6, 6.07) is 16.5. The summed E-state index contributed by atoms with van der Waals surface area (Å²) in [5.41, 5.74) is 3.06. The fourth-order valence-electron chi connectivity index (χ4n) is 3.21. The number of carbonyl (C=O) groups excluding carboxylic acids is 1. The van der Waals surface area contributed by atoms with Gasteiger partial charge in [-0.2, -0.15) is 5.10 Å². The van der Waals surface area contributed by atoms with E-state index in [1.165, 1.54) is 12.1 Å². The second kappa shape index (κ2) is 8.57. The fraction of sp³-hybridized carbons (Fsp3) is 0.0870. The lowest BCUT2D eigenvalue weighted by Gasteiger charge is -2.10. The molecule has 0 spiro atoms. The van der Waals surface area contributed by atoms with Crippen molar-refractivity contribution < 1.29 is 9.18 Å². The quantitative estimate of drug-likeness (QED) is 0.408. The predicted octanol–water partition coefficient (Wildman–Crippen LogP) is 5.26. The number of nitrogens with zero attached hydrogens (tertiary/aromatic N) is 1. The first-order valence-corrected chi connectivity index (χ1v) is 9.87. The summed E-state index contributed by atoms with van der Waals surface area (Å²) in [4.78, 5) is 24.6. The van der Waals surface area contributed by atoms with Crippen LogP contribution in [0, 0.1) is 12.7 Å². The zero-order valence-corrected chi connectivity index (χ0v) is 17.3.